The average Bonchev–Trinajstić information content (AvgIpc) is 2.83. The fourth-order valence-corrected chi connectivity index (χ4v) is 2.24. The van der Waals surface area contributed by atoms with Gasteiger partial charge in [-0.05, 0) is 31.5 Å². The predicted molar refractivity (Wildman–Crippen MR) is 76.7 cm³/mol. The van der Waals surface area contributed by atoms with Crippen molar-refractivity contribution in [3.8, 4) is 0 Å². The summed E-state index contributed by atoms with van der Waals surface area (Å²) in [6.07, 6.45) is 2.46. The molecule has 0 saturated carbocycles. The third-order valence-electron chi connectivity index (χ3n) is 3.74. The lowest BCUT2D eigenvalue weighted by Crippen LogP contribution is -2.24. The van der Waals surface area contributed by atoms with Gasteiger partial charge in [0.15, 0.2) is 0 Å². The second kappa shape index (κ2) is 6.05. The molecule has 1 heterocycles. The van der Waals surface area contributed by atoms with Gasteiger partial charge in [0.1, 0.15) is 11.3 Å². The molecule has 2 heteroatoms. The molecule has 1 N–H and O–H groups in total. The third-order valence-corrected chi connectivity index (χ3v) is 3.74. The van der Waals surface area contributed by atoms with Gasteiger partial charge in [-0.1, -0.05) is 44.9 Å². The topological polar surface area (TPSA) is 25.2 Å². The Morgan fingerprint density at radius 2 is 1.89 bits per heavy atom. The zero-order valence-corrected chi connectivity index (χ0v) is 11.6. The van der Waals surface area contributed by atoms with E-state index in [4.69, 9.17) is 4.42 Å². The first-order valence-electron chi connectivity index (χ1n) is 6.96. The van der Waals surface area contributed by atoms with Crippen LogP contribution in [0.3, 0.4) is 0 Å². The van der Waals surface area contributed by atoms with Gasteiger partial charge in [-0.2, -0.15) is 0 Å². The van der Waals surface area contributed by atoms with Crippen LogP contribution in [0.2, 0.25) is 0 Å². The van der Waals surface area contributed by atoms with Crippen LogP contribution in [0.25, 0.3) is 11.0 Å². The lowest BCUT2D eigenvalue weighted by Gasteiger charge is -2.16. The number of rotatable bonds is 6. The molecule has 18 heavy (non-hydrogen) atoms. The first-order chi connectivity index (χ1) is 8.74. The van der Waals surface area contributed by atoms with E-state index in [9.17, 15) is 0 Å². The fourth-order valence-electron chi connectivity index (χ4n) is 2.24. The van der Waals surface area contributed by atoms with Gasteiger partial charge < -0.3 is 9.73 Å². The van der Waals surface area contributed by atoms with Crippen molar-refractivity contribution in [2.75, 3.05) is 6.54 Å². The van der Waals surface area contributed by atoms with Gasteiger partial charge in [-0.25, -0.2) is 0 Å². The number of benzene rings is 1. The van der Waals surface area contributed by atoms with Crippen molar-refractivity contribution in [2.24, 2.45) is 5.92 Å². The van der Waals surface area contributed by atoms with Crippen molar-refractivity contribution in [3.05, 3.63) is 36.1 Å². The Kier molecular flexibility index (Phi) is 4.43. The van der Waals surface area contributed by atoms with Gasteiger partial charge >= 0.3 is 0 Å². The molecule has 0 aliphatic carbocycles. The molecule has 0 radical (unpaired) electrons. The highest BCUT2D eigenvalue weighted by molar-refractivity contribution is 5.77. The van der Waals surface area contributed by atoms with Gasteiger partial charge in [-0.3, -0.25) is 0 Å². The van der Waals surface area contributed by atoms with E-state index in [2.05, 4.69) is 38.2 Å². The Bertz CT molecular complexity index is 452. The molecule has 98 valence electrons. The van der Waals surface area contributed by atoms with Crippen molar-refractivity contribution < 1.29 is 4.42 Å². The minimum atomic E-state index is 0.276. The van der Waals surface area contributed by atoms with Crippen LogP contribution in [0.5, 0.6) is 0 Å². The lowest BCUT2D eigenvalue weighted by atomic mass is 10.0. The molecule has 1 aromatic carbocycles. The van der Waals surface area contributed by atoms with Crippen LogP contribution < -0.4 is 5.32 Å². The normalized spacial score (nSPS) is 13.3. The Labute approximate surface area is 109 Å². The molecule has 0 aliphatic heterocycles. The summed E-state index contributed by atoms with van der Waals surface area (Å²) in [6, 6.07) is 10.6. The maximum Gasteiger partial charge on any atom is 0.134 e. The smallest absolute Gasteiger partial charge is 0.134 e. The monoisotopic (exact) mass is 245 g/mol. The van der Waals surface area contributed by atoms with Crippen molar-refractivity contribution in [1.82, 2.24) is 5.32 Å². The van der Waals surface area contributed by atoms with Crippen molar-refractivity contribution >= 4 is 11.0 Å². The maximum atomic E-state index is 5.87. The molecule has 1 unspecified atom stereocenters. The predicted octanol–water partition coefficient (Wildman–Crippen LogP) is 4.52. The van der Waals surface area contributed by atoms with Crippen LogP contribution in [0.15, 0.2) is 34.7 Å². The van der Waals surface area contributed by atoms with Crippen LogP contribution in [-0.2, 0) is 0 Å². The highest BCUT2D eigenvalue weighted by atomic mass is 16.3. The van der Waals surface area contributed by atoms with E-state index in [1.165, 1.54) is 18.2 Å². The summed E-state index contributed by atoms with van der Waals surface area (Å²) in [5.74, 6) is 1.79. The summed E-state index contributed by atoms with van der Waals surface area (Å²) < 4.78 is 5.87. The molecular weight excluding hydrogens is 222 g/mol. The number of hydrogen-bond acceptors (Lipinski definition) is 2. The molecule has 2 aromatic rings. The number of fused-ring (bicyclic) bond motifs is 1. The van der Waals surface area contributed by atoms with Crippen LogP contribution in [0.1, 0.15) is 45.4 Å². The number of nitrogens with one attached hydrogen (secondary N) is 1. The maximum absolute atomic E-state index is 5.87. The molecule has 0 aliphatic rings. The Morgan fingerprint density at radius 3 is 2.56 bits per heavy atom. The Balaban J connectivity index is 2.02. The van der Waals surface area contributed by atoms with Gasteiger partial charge in [0, 0.05) is 5.39 Å². The highest BCUT2D eigenvalue weighted by Crippen LogP contribution is 2.23. The van der Waals surface area contributed by atoms with Crippen LogP contribution in [0.4, 0.5) is 0 Å². The fraction of sp³-hybridized carbons (Fsp3) is 0.500. The molecule has 0 saturated heterocycles. The van der Waals surface area contributed by atoms with Crippen LogP contribution in [-0.4, -0.2) is 6.54 Å². The van der Waals surface area contributed by atoms with Crippen molar-refractivity contribution in [1.29, 1.82) is 0 Å². The van der Waals surface area contributed by atoms with E-state index < -0.39 is 0 Å². The number of para-hydroxylation sites is 1. The molecule has 0 fully saturated rings. The van der Waals surface area contributed by atoms with Gasteiger partial charge in [0.2, 0.25) is 0 Å². The summed E-state index contributed by atoms with van der Waals surface area (Å²) in [4.78, 5) is 0. The number of hydrogen-bond donors (Lipinski definition) is 1. The largest absolute Gasteiger partial charge is 0.459 e. The molecule has 0 amide bonds. The zero-order chi connectivity index (χ0) is 13.0. The summed E-state index contributed by atoms with van der Waals surface area (Å²) in [7, 11) is 0. The molecule has 2 nitrogen and oxygen atoms in total. The van der Waals surface area contributed by atoms with E-state index in [1.54, 1.807) is 0 Å². The average molecular weight is 245 g/mol. The van der Waals surface area contributed by atoms with Crippen LogP contribution in [0, 0.1) is 5.92 Å². The summed E-state index contributed by atoms with van der Waals surface area (Å²) in [5.41, 5.74) is 0.976. The van der Waals surface area contributed by atoms with Gasteiger partial charge in [-0.15, -0.1) is 0 Å². The first-order valence-corrected chi connectivity index (χ1v) is 6.96. The number of furan rings is 1. The first kappa shape index (κ1) is 13.2. The van der Waals surface area contributed by atoms with E-state index in [-0.39, 0.29) is 6.04 Å². The van der Waals surface area contributed by atoms with Gasteiger partial charge in [0.25, 0.3) is 0 Å². The SMILES string of the molecule is CCC(CC)CNC(C)c1cc2ccccc2o1. The molecule has 0 spiro atoms. The van der Waals surface area contributed by atoms with Crippen molar-refractivity contribution in [2.45, 2.75) is 39.7 Å². The van der Waals surface area contributed by atoms with E-state index in [0.717, 1.165) is 23.8 Å². The lowest BCUT2D eigenvalue weighted by molar-refractivity contribution is 0.390. The summed E-state index contributed by atoms with van der Waals surface area (Å²) in [6.45, 7) is 7.73. The van der Waals surface area contributed by atoms with Crippen molar-refractivity contribution in [3.63, 3.8) is 0 Å². The van der Waals surface area contributed by atoms with Gasteiger partial charge in [0.05, 0.1) is 6.04 Å². The molecule has 1 atom stereocenters. The third kappa shape index (κ3) is 2.94. The molecule has 0 bridgehead atoms. The van der Waals surface area contributed by atoms with E-state index in [0.29, 0.717) is 0 Å². The van der Waals surface area contributed by atoms with E-state index in [1.807, 2.05) is 18.2 Å². The standard InChI is InChI=1S/C16H23NO/c1-4-13(5-2)11-17-12(3)16-10-14-8-6-7-9-15(14)18-16/h6-10,12-13,17H,4-5,11H2,1-3H3. The minimum absolute atomic E-state index is 0.276. The molecule has 1 aromatic heterocycles. The summed E-state index contributed by atoms with van der Waals surface area (Å²) in [5, 5.41) is 4.75. The Morgan fingerprint density at radius 1 is 1.17 bits per heavy atom. The quantitative estimate of drug-likeness (QED) is 0.809. The highest BCUT2D eigenvalue weighted by Gasteiger charge is 2.12. The minimum Gasteiger partial charge on any atom is -0.459 e. The summed E-state index contributed by atoms with van der Waals surface area (Å²) >= 11 is 0. The Hall–Kier alpha value is -1.28. The van der Waals surface area contributed by atoms with Crippen LogP contribution >= 0.6 is 0 Å². The molecule has 2 rings (SSSR count). The molecular formula is C16H23NO. The second-order valence-electron chi connectivity index (χ2n) is 5.00. The second-order valence-corrected chi connectivity index (χ2v) is 5.00. The zero-order valence-electron chi connectivity index (χ0n) is 11.6. The van der Waals surface area contributed by atoms with E-state index >= 15 is 0 Å².